The standard InChI is InChI=1S/C15H31NO3/c1-2-3-11-16-12-14-19-13-9-7-5-4-6-8-10-15(17)18/h16H,2-14H2,1H3,(H,17,18). The molecule has 0 aliphatic carbocycles. The van der Waals surface area contributed by atoms with Crippen LogP contribution < -0.4 is 5.32 Å². The summed E-state index contributed by atoms with van der Waals surface area (Å²) in [5, 5.41) is 11.8. The fraction of sp³-hybridized carbons (Fsp3) is 0.933. The molecular formula is C15H31NO3. The third kappa shape index (κ3) is 17.4. The monoisotopic (exact) mass is 273 g/mol. The van der Waals surface area contributed by atoms with E-state index >= 15 is 0 Å². The van der Waals surface area contributed by atoms with Crippen LogP contribution >= 0.6 is 0 Å². The van der Waals surface area contributed by atoms with E-state index in [4.69, 9.17) is 9.84 Å². The highest BCUT2D eigenvalue weighted by Gasteiger charge is 1.96. The van der Waals surface area contributed by atoms with Gasteiger partial charge in [-0.25, -0.2) is 0 Å². The predicted octanol–water partition coefficient (Wildman–Crippen LogP) is 3.21. The van der Waals surface area contributed by atoms with Gasteiger partial charge in [0, 0.05) is 19.6 Å². The molecule has 4 nitrogen and oxygen atoms in total. The van der Waals surface area contributed by atoms with Gasteiger partial charge in [-0.2, -0.15) is 0 Å². The molecule has 0 aliphatic rings. The highest BCUT2D eigenvalue weighted by Crippen LogP contribution is 2.07. The van der Waals surface area contributed by atoms with Crippen molar-refractivity contribution in [2.75, 3.05) is 26.3 Å². The molecule has 2 N–H and O–H groups in total. The highest BCUT2D eigenvalue weighted by atomic mass is 16.5. The van der Waals surface area contributed by atoms with Gasteiger partial charge >= 0.3 is 5.97 Å². The van der Waals surface area contributed by atoms with Crippen molar-refractivity contribution in [3.63, 3.8) is 0 Å². The molecule has 0 aromatic heterocycles. The molecule has 0 saturated carbocycles. The summed E-state index contributed by atoms with van der Waals surface area (Å²) in [5.74, 6) is -0.680. The molecular weight excluding hydrogens is 242 g/mol. The highest BCUT2D eigenvalue weighted by molar-refractivity contribution is 5.66. The number of carbonyl (C=O) groups is 1. The second-order valence-electron chi connectivity index (χ2n) is 4.98. The number of hydrogen-bond donors (Lipinski definition) is 2. The number of carboxylic acids is 1. The van der Waals surface area contributed by atoms with Crippen molar-refractivity contribution >= 4 is 5.97 Å². The molecule has 0 aromatic carbocycles. The molecule has 0 heterocycles. The lowest BCUT2D eigenvalue weighted by atomic mass is 10.1. The lowest BCUT2D eigenvalue weighted by Gasteiger charge is -2.05. The second kappa shape index (κ2) is 15.4. The molecule has 0 saturated heterocycles. The average Bonchev–Trinajstić information content (AvgIpc) is 2.39. The Balaban J connectivity index is 2.93. The van der Waals surface area contributed by atoms with Gasteiger partial charge in [0.25, 0.3) is 0 Å². The van der Waals surface area contributed by atoms with E-state index in [9.17, 15) is 4.79 Å². The third-order valence-electron chi connectivity index (χ3n) is 3.06. The van der Waals surface area contributed by atoms with Crippen LogP contribution in [-0.4, -0.2) is 37.4 Å². The Hall–Kier alpha value is -0.610. The van der Waals surface area contributed by atoms with Crippen molar-refractivity contribution in [1.29, 1.82) is 0 Å². The van der Waals surface area contributed by atoms with Gasteiger partial charge in [-0.1, -0.05) is 39.0 Å². The molecule has 0 radical (unpaired) electrons. The van der Waals surface area contributed by atoms with Crippen LogP contribution in [0.15, 0.2) is 0 Å². The Morgan fingerprint density at radius 2 is 1.63 bits per heavy atom. The van der Waals surface area contributed by atoms with Crippen LogP contribution in [0.2, 0.25) is 0 Å². The summed E-state index contributed by atoms with van der Waals surface area (Å²) in [6.07, 6.45) is 9.29. The van der Waals surface area contributed by atoms with E-state index in [1.165, 1.54) is 25.7 Å². The first-order valence-electron chi connectivity index (χ1n) is 7.77. The largest absolute Gasteiger partial charge is 0.481 e. The van der Waals surface area contributed by atoms with Gasteiger partial charge in [-0.05, 0) is 25.8 Å². The maximum Gasteiger partial charge on any atom is 0.303 e. The number of nitrogens with one attached hydrogen (secondary N) is 1. The SMILES string of the molecule is CCCCNCCOCCCCCCCCC(=O)O. The summed E-state index contributed by atoms with van der Waals surface area (Å²) < 4.78 is 5.53. The molecule has 19 heavy (non-hydrogen) atoms. The molecule has 0 aromatic rings. The normalized spacial score (nSPS) is 10.8. The predicted molar refractivity (Wildman–Crippen MR) is 78.6 cm³/mol. The van der Waals surface area contributed by atoms with E-state index in [2.05, 4.69) is 12.2 Å². The number of hydrogen-bond acceptors (Lipinski definition) is 3. The van der Waals surface area contributed by atoms with E-state index in [-0.39, 0.29) is 0 Å². The van der Waals surface area contributed by atoms with Crippen molar-refractivity contribution in [2.24, 2.45) is 0 Å². The summed E-state index contributed by atoms with van der Waals surface area (Å²) in [5.41, 5.74) is 0. The number of carboxylic acid groups (broad SMARTS) is 1. The lowest BCUT2D eigenvalue weighted by Crippen LogP contribution is -2.20. The van der Waals surface area contributed by atoms with Gasteiger partial charge in [0.1, 0.15) is 0 Å². The Morgan fingerprint density at radius 3 is 2.32 bits per heavy atom. The summed E-state index contributed by atoms with van der Waals surface area (Å²) in [7, 11) is 0. The molecule has 0 unspecified atom stereocenters. The van der Waals surface area contributed by atoms with Crippen LogP contribution in [0.5, 0.6) is 0 Å². The molecule has 0 fully saturated rings. The summed E-state index contributed by atoms with van der Waals surface area (Å²) >= 11 is 0. The first-order valence-corrected chi connectivity index (χ1v) is 7.77. The van der Waals surface area contributed by atoms with Gasteiger partial charge < -0.3 is 15.2 Å². The first-order chi connectivity index (χ1) is 9.27. The fourth-order valence-corrected chi connectivity index (χ4v) is 1.86. The summed E-state index contributed by atoms with van der Waals surface area (Å²) in [6.45, 7) is 5.90. The molecule has 114 valence electrons. The van der Waals surface area contributed by atoms with E-state index in [0.29, 0.717) is 6.42 Å². The zero-order chi connectivity index (χ0) is 14.2. The van der Waals surface area contributed by atoms with Crippen molar-refractivity contribution in [2.45, 2.75) is 64.7 Å². The van der Waals surface area contributed by atoms with Crippen LogP contribution in [0.25, 0.3) is 0 Å². The quantitative estimate of drug-likeness (QED) is 0.450. The Labute approximate surface area is 117 Å². The molecule has 0 spiro atoms. The van der Waals surface area contributed by atoms with Crippen LogP contribution in [0, 0.1) is 0 Å². The maximum absolute atomic E-state index is 10.3. The molecule has 0 aliphatic heterocycles. The van der Waals surface area contributed by atoms with Gasteiger partial charge in [-0.3, -0.25) is 4.79 Å². The van der Waals surface area contributed by atoms with Crippen LogP contribution in [0.1, 0.15) is 64.7 Å². The van der Waals surface area contributed by atoms with Crippen molar-refractivity contribution in [1.82, 2.24) is 5.32 Å². The lowest BCUT2D eigenvalue weighted by molar-refractivity contribution is -0.137. The minimum Gasteiger partial charge on any atom is -0.481 e. The maximum atomic E-state index is 10.3. The zero-order valence-electron chi connectivity index (χ0n) is 12.5. The van der Waals surface area contributed by atoms with Gasteiger partial charge in [0.05, 0.1) is 6.61 Å². The number of ether oxygens (including phenoxy) is 1. The van der Waals surface area contributed by atoms with Crippen molar-refractivity contribution in [3.8, 4) is 0 Å². The van der Waals surface area contributed by atoms with E-state index in [0.717, 1.165) is 52.0 Å². The second-order valence-corrected chi connectivity index (χ2v) is 4.98. The van der Waals surface area contributed by atoms with Crippen molar-refractivity contribution in [3.05, 3.63) is 0 Å². The topological polar surface area (TPSA) is 58.6 Å². The Bertz CT molecular complexity index is 198. The minimum atomic E-state index is -0.680. The Morgan fingerprint density at radius 1 is 0.947 bits per heavy atom. The number of rotatable bonds is 15. The smallest absolute Gasteiger partial charge is 0.303 e. The van der Waals surface area contributed by atoms with E-state index in [1.807, 2.05) is 0 Å². The van der Waals surface area contributed by atoms with Gasteiger partial charge in [0.15, 0.2) is 0 Å². The first kappa shape index (κ1) is 18.4. The molecule has 0 amide bonds. The minimum absolute atomic E-state index is 0.314. The molecule has 0 rings (SSSR count). The van der Waals surface area contributed by atoms with Crippen LogP contribution in [-0.2, 0) is 9.53 Å². The number of aliphatic carboxylic acids is 1. The van der Waals surface area contributed by atoms with Crippen LogP contribution in [0.3, 0.4) is 0 Å². The van der Waals surface area contributed by atoms with E-state index in [1.54, 1.807) is 0 Å². The summed E-state index contributed by atoms with van der Waals surface area (Å²) in [4.78, 5) is 10.3. The Kier molecular flexibility index (Phi) is 15.0. The molecule has 0 bridgehead atoms. The number of unbranched alkanes of at least 4 members (excludes halogenated alkanes) is 6. The van der Waals surface area contributed by atoms with E-state index < -0.39 is 5.97 Å². The average molecular weight is 273 g/mol. The third-order valence-corrected chi connectivity index (χ3v) is 3.06. The fourth-order valence-electron chi connectivity index (χ4n) is 1.86. The van der Waals surface area contributed by atoms with Crippen LogP contribution in [0.4, 0.5) is 0 Å². The van der Waals surface area contributed by atoms with Crippen molar-refractivity contribution < 1.29 is 14.6 Å². The van der Waals surface area contributed by atoms with Gasteiger partial charge in [-0.15, -0.1) is 0 Å². The summed E-state index contributed by atoms with van der Waals surface area (Å²) in [6, 6.07) is 0. The molecule has 0 atom stereocenters. The molecule has 4 heteroatoms. The van der Waals surface area contributed by atoms with Gasteiger partial charge in [0.2, 0.25) is 0 Å². The zero-order valence-corrected chi connectivity index (χ0v) is 12.5.